The summed E-state index contributed by atoms with van der Waals surface area (Å²) in [4.78, 5) is 2.49. The van der Waals surface area contributed by atoms with Crippen LogP contribution in [0.25, 0.3) is 0 Å². The van der Waals surface area contributed by atoms with Crippen molar-refractivity contribution in [2.24, 2.45) is 0 Å². The molecule has 1 atom stereocenters. The molecule has 0 aromatic heterocycles. The van der Waals surface area contributed by atoms with Crippen molar-refractivity contribution in [3.8, 4) is 0 Å². The van der Waals surface area contributed by atoms with Crippen molar-refractivity contribution in [1.29, 1.82) is 0 Å². The Morgan fingerprint density at radius 1 is 1.39 bits per heavy atom. The number of hydrogen-bond acceptors (Lipinski definition) is 2. The van der Waals surface area contributed by atoms with Gasteiger partial charge < -0.3 is 5.32 Å². The monoisotopic (exact) mass is 246 g/mol. The second-order valence-electron chi connectivity index (χ2n) is 5.53. The normalized spacial score (nSPS) is 16.7. The molecule has 0 bridgehead atoms. The summed E-state index contributed by atoms with van der Waals surface area (Å²) in [7, 11) is 2.25. The Morgan fingerprint density at radius 2 is 2.22 bits per heavy atom. The number of benzene rings is 1. The molecular weight excluding hydrogens is 220 g/mol. The van der Waals surface area contributed by atoms with Gasteiger partial charge in [-0.25, -0.2) is 0 Å². The highest BCUT2D eigenvalue weighted by atomic mass is 15.1. The summed E-state index contributed by atoms with van der Waals surface area (Å²) in [6.45, 7) is 7.85. The minimum absolute atomic E-state index is 0.674. The molecule has 1 N–H and O–H groups in total. The van der Waals surface area contributed by atoms with Gasteiger partial charge in [0, 0.05) is 19.1 Å². The van der Waals surface area contributed by atoms with Crippen LogP contribution in [0.3, 0.4) is 0 Å². The van der Waals surface area contributed by atoms with Crippen LogP contribution in [0.5, 0.6) is 0 Å². The molecule has 0 radical (unpaired) electrons. The van der Waals surface area contributed by atoms with Crippen LogP contribution in [-0.2, 0) is 19.5 Å². The van der Waals surface area contributed by atoms with Crippen molar-refractivity contribution in [2.75, 3.05) is 13.6 Å². The van der Waals surface area contributed by atoms with E-state index in [9.17, 15) is 0 Å². The van der Waals surface area contributed by atoms with Crippen molar-refractivity contribution >= 4 is 0 Å². The van der Waals surface area contributed by atoms with E-state index >= 15 is 0 Å². The van der Waals surface area contributed by atoms with E-state index in [2.05, 4.69) is 49.3 Å². The highest BCUT2D eigenvalue weighted by Gasteiger charge is 2.15. The van der Waals surface area contributed by atoms with Crippen molar-refractivity contribution in [3.63, 3.8) is 0 Å². The molecule has 1 heterocycles. The maximum Gasteiger partial charge on any atom is 0.0236 e. The molecule has 0 fully saturated rings. The highest BCUT2D eigenvalue weighted by Crippen LogP contribution is 2.20. The molecular formula is C16H26N2. The minimum Gasteiger partial charge on any atom is -0.312 e. The maximum absolute atomic E-state index is 3.45. The fraction of sp³-hybridized carbons (Fsp3) is 0.625. The smallest absolute Gasteiger partial charge is 0.0236 e. The standard InChI is InChI=1S/C16H26N2/c1-4-6-13(2)18(3)12-15-8-5-7-14-11-17-10-9-16(14)15/h5,7-8,13,17H,4,6,9-12H2,1-3H3. The van der Waals surface area contributed by atoms with Crippen LogP contribution in [0.15, 0.2) is 18.2 Å². The molecule has 2 nitrogen and oxygen atoms in total. The Morgan fingerprint density at radius 3 is 3.00 bits per heavy atom. The lowest BCUT2D eigenvalue weighted by Gasteiger charge is -2.27. The third-order valence-corrected chi connectivity index (χ3v) is 4.12. The van der Waals surface area contributed by atoms with Crippen LogP contribution in [-0.4, -0.2) is 24.5 Å². The van der Waals surface area contributed by atoms with Gasteiger partial charge in [0.25, 0.3) is 0 Å². The van der Waals surface area contributed by atoms with E-state index in [4.69, 9.17) is 0 Å². The second-order valence-corrected chi connectivity index (χ2v) is 5.53. The molecule has 1 aliphatic rings. The predicted octanol–water partition coefficient (Wildman–Crippen LogP) is 2.95. The Labute approximate surface area is 111 Å². The molecule has 0 saturated carbocycles. The zero-order valence-electron chi connectivity index (χ0n) is 12.0. The molecule has 1 unspecified atom stereocenters. The van der Waals surface area contributed by atoms with Gasteiger partial charge in [-0.15, -0.1) is 0 Å². The van der Waals surface area contributed by atoms with Crippen LogP contribution in [0.2, 0.25) is 0 Å². The lowest BCUT2D eigenvalue weighted by atomic mass is 9.95. The third kappa shape index (κ3) is 3.12. The van der Waals surface area contributed by atoms with E-state index < -0.39 is 0 Å². The van der Waals surface area contributed by atoms with Crippen molar-refractivity contribution in [3.05, 3.63) is 34.9 Å². The average Bonchev–Trinajstić information content (AvgIpc) is 2.39. The van der Waals surface area contributed by atoms with Crippen molar-refractivity contribution in [2.45, 2.75) is 52.2 Å². The maximum atomic E-state index is 3.45. The summed E-state index contributed by atoms with van der Waals surface area (Å²) in [5.74, 6) is 0. The van der Waals surface area contributed by atoms with Gasteiger partial charge in [-0.2, -0.15) is 0 Å². The van der Waals surface area contributed by atoms with Gasteiger partial charge in [-0.1, -0.05) is 31.5 Å². The summed E-state index contributed by atoms with van der Waals surface area (Å²) in [5, 5.41) is 3.45. The number of nitrogens with zero attached hydrogens (tertiary/aromatic N) is 1. The molecule has 1 aromatic carbocycles. The van der Waals surface area contributed by atoms with Crippen molar-refractivity contribution < 1.29 is 0 Å². The second kappa shape index (κ2) is 6.35. The first-order chi connectivity index (χ1) is 8.72. The van der Waals surface area contributed by atoms with Gasteiger partial charge in [-0.05, 0) is 50.0 Å². The van der Waals surface area contributed by atoms with Gasteiger partial charge in [-0.3, -0.25) is 4.90 Å². The first kappa shape index (κ1) is 13.6. The summed E-state index contributed by atoms with van der Waals surface area (Å²) in [5.41, 5.74) is 4.61. The molecule has 1 aromatic rings. The Kier molecular flexibility index (Phi) is 4.79. The molecule has 0 spiro atoms. The van der Waals surface area contributed by atoms with Gasteiger partial charge in [0.2, 0.25) is 0 Å². The van der Waals surface area contributed by atoms with E-state index in [1.165, 1.54) is 30.4 Å². The molecule has 0 saturated heterocycles. The van der Waals surface area contributed by atoms with Gasteiger partial charge >= 0.3 is 0 Å². The quantitative estimate of drug-likeness (QED) is 0.859. The zero-order valence-corrected chi connectivity index (χ0v) is 12.0. The SMILES string of the molecule is CCCC(C)N(C)Cc1cccc2c1CCNC2. The number of hydrogen-bond donors (Lipinski definition) is 1. The highest BCUT2D eigenvalue weighted by molar-refractivity contribution is 5.37. The number of rotatable bonds is 5. The summed E-state index contributed by atoms with van der Waals surface area (Å²) < 4.78 is 0. The molecule has 1 aliphatic heterocycles. The van der Waals surface area contributed by atoms with E-state index in [-0.39, 0.29) is 0 Å². The first-order valence-electron chi connectivity index (χ1n) is 7.23. The van der Waals surface area contributed by atoms with Gasteiger partial charge in [0.15, 0.2) is 0 Å². The molecule has 0 amide bonds. The van der Waals surface area contributed by atoms with Crippen LogP contribution in [0.1, 0.15) is 43.4 Å². The number of fused-ring (bicyclic) bond motifs is 1. The number of nitrogens with one attached hydrogen (secondary N) is 1. The van der Waals surface area contributed by atoms with Crippen molar-refractivity contribution in [1.82, 2.24) is 10.2 Å². The van der Waals surface area contributed by atoms with Gasteiger partial charge in [0.05, 0.1) is 0 Å². The van der Waals surface area contributed by atoms with Gasteiger partial charge in [0.1, 0.15) is 0 Å². The van der Waals surface area contributed by atoms with Crippen LogP contribution in [0.4, 0.5) is 0 Å². The van der Waals surface area contributed by atoms with E-state index in [0.29, 0.717) is 6.04 Å². The molecule has 2 heteroatoms. The van der Waals surface area contributed by atoms with Crippen LogP contribution in [0, 0.1) is 0 Å². The predicted molar refractivity (Wildman–Crippen MR) is 77.7 cm³/mol. The largest absolute Gasteiger partial charge is 0.312 e. The minimum atomic E-state index is 0.674. The Balaban J connectivity index is 2.09. The topological polar surface area (TPSA) is 15.3 Å². The van der Waals surface area contributed by atoms with E-state index in [0.717, 1.165) is 19.6 Å². The molecule has 0 aliphatic carbocycles. The van der Waals surface area contributed by atoms with Crippen LogP contribution < -0.4 is 5.32 Å². The summed E-state index contributed by atoms with van der Waals surface area (Å²) >= 11 is 0. The molecule has 18 heavy (non-hydrogen) atoms. The molecule has 100 valence electrons. The lowest BCUT2D eigenvalue weighted by molar-refractivity contribution is 0.236. The van der Waals surface area contributed by atoms with E-state index in [1.807, 2.05) is 0 Å². The average molecular weight is 246 g/mol. The Bertz CT molecular complexity index is 387. The molecule has 2 rings (SSSR count). The Hall–Kier alpha value is -0.860. The third-order valence-electron chi connectivity index (χ3n) is 4.12. The summed E-state index contributed by atoms with van der Waals surface area (Å²) in [6, 6.07) is 7.45. The summed E-state index contributed by atoms with van der Waals surface area (Å²) in [6.07, 6.45) is 3.73. The van der Waals surface area contributed by atoms with Crippen LogP contribution >= 0.6 is 0 Å². The fourth-order valence-corrected chi connectivity index (χ4v) is 2.82. The lowest BCUT2D eigenvalue weighted by Crippen LogP contribution is -2.30. The fourth-order valence-electron chi connectivity index (χ4n) is 2.82. The first-order valence-corrected chi connectivity index (χ1v) is 7.23. The zero-order chi connectivity index (χ0) is 13.0. The van der Waals surface area contributed by atoms with E-state index in [1.54, 1.807) is 5.56 Å².